The second-order valence-corrected chi connectivity index (χ2v) is 10.4. The van der Waals surface area contributed by atoms with Crippen LogP contribution in [0.25, 0.3) is 22.0 Å². The summed E-state index contributed by atoms with van der Waals surface area (Å²) in [7, 11) is 0. The lowest BCUT2D eigenvalue weighted by Gasteiger charge is -2.37. The average Bonchev–Trinajstić information content (AvgIpc) is 2.93. The van der Waals surface area contributed by atoms with E-state index in [9.17, 15) is 31.5 Å². The predicted octanol–water partition coefficient (Wildman–Crippen LogP) is 4.88. The van der Waals surface area contributed by atoms with Crippen molar-refractivity contribution in [2.45, 2.75) is 24.0 Å². The van der Waals surface area contributed by atoms with Gasteiger partial charge in [0.25, 0.3) is 0 Å². The average molecular weight is 581 g/mol. The molecule has 212 valence electrons. The van der Waals surface area contributed by atoms with Crippen molar-refractivity contribution in [3.63, 3.8) is 0 Å². The molecule has 0 spiro atoms. The van der Waals surface area contributed by atoms with E-state index in [1.165, 1.54) is 10.6 Å². The number of halogens is 5. The van der Waals surface area contributed by atoms with Crippen LogP contribution in [0.1, 0.15) is 18.5 Å². The molecule has 0 radical (unpaired) electrons. The largest absolute Gasteiger partial charge is 0.417 e. The Hall–Kier alpha value is -3.45. The van der Waals surface area contributed by atoms with Gasteiger partial charge in [0.15, 0.2) is 0 Å². The van der Waals surface area contributed by atoms with Crippen LogP contribution in [0.5, 0.6) is 0 Å². The minimum absolute atomic E-state index is 0.0532. The number of aromatic nitrogens is 2. The van der Waals surface area contributed by atoms with Gasteiger partial charge in [-0.05, 0) is 31.2 Å². The van der Waals surface area contributed by atoms with Gasteiger partial charge in [-0.25, -0.2) is 13.6 Å². The molecule has 3 aromatic rings. The quantitative estimate of drug-likeness (QED) is 0.306. The zero-order valence-electron chi connectivity index (χ0n) is 21.4. The molecule has 0 bridgehead atoms. The highest BCUT2D eigenvalue weighted by Gasteiger charge is 2.40. The third-order valence-electron chi connectivity index (χ3n) is 7.02. The maximum Gasteiger partial charge on any atom is 0.417 e. The van der Waals surface area contributed by atoms with Crippen molar-refractivity contribution < 1.29 is 31.5 Å². The van der Waals surface area contributed by atoms with Crippen molar-refractivity contribution >= 4 is 34.4 Å². The number of piperazine rings is 1. The maximum atomic E-state index is 15.0. The molecule has 1 fully saturated rings. The fourth-order valence-electron chi connectivity index (χ4n) is 5.16. The molecule has 2 aliphatic rings. The van der Waals surface area contributed by atoms with E-state index in [4.69, 9.17) is 4.74 Å². The van der Waals surface area contributed by atoms with Gasteiger partial charge in [0.2, 0.25) is 5.91 Å². The van der Waals surface area contributed by atoms with Crippen molar-refractivity contribution in [1.29, 1.82) is 0 Å². The molecule has 2 aromatic carbocycles. The molecule has 2 aliphatic heterocycles. The van der Waals surface area contributed by atoms with E-state index in [-0.39, 0.29) is 66.1 Å². The van der Waals surface area contributed by atoms with Crippen molar-refractivity contribution in [2.75, 3.05) is 50.0 Å². The standard InChI is InChI=1S/C27H25F5N4O3S/c1-3-21(37)34-7-9-35(10-8-34)25-18-12-19(27(30,31)32)22(17-6-5-15(28)11-20(17)29)24-23(18)36(26(38)33-25)16(14-40-24)13-39-4-2/h3,5-6,11-12,16H,1,4,7-10,13-14H2,2H3. The number of alkyl halides is 3. The molecule has 13 heteroatoms. The topological polar surface area (TPSA) is 67.7 Å². The van der Waals surface area contributed by atoms with Crippen LogP contribution in [0.3, 0.4) is 0 Å². The molecule has 3 heterocycles. The van der Waals surface area contributed by atoms with Gasteiger partial charge in [-0.1, -0.05) is 6.58 Å². The highest BCUT2D eigenvalue weighted by Crippen LogP contribution is 2.50. The van der Waals surface area contributed by atoms with Gasteiger partial charge < -0.3 is 14.5 Å². The number of ether oxygens (including phenoxy) is 1. The van der Waals surface area contributed by atoms with Gasteiger partial charge in [0, 0.05) is 66.0 Å². The van der Waals surface area contributed by atoms with Crippen LogP contribution in [0, 0.1) is 11.6 Å². The number of hydrogen-bond acceptors (Lipinski definition) is 6. The monoisotopic (exact) mass is 580 g/mol. The van der Waals surface area contributed by atoms with Crippen molar-refractivity contribution in [2.24, 2.45) is 0 Å². The van der Waals surface area contributed by atoms with Gasteiger partial charge >= 0.3 is 11.9 Å². The van der Waals surface area contributed by atoms with Crippen LogP contribution < -0.4 is 10.6 Å². The second kappa shape index (κ2) is 10.8. The van der Waals surface area contributed by atoms with Gasteiger partial charge in [0.1, 0.15) is 17.5 Å². The molecule has 1 amide bonds. The minimum atomic E-state index is -4.91. The number of hydrogen-bond donors (Lipinski definition) is 0. The molecular formula is C27H25F5N4O3S. The first-order valence-corrected chi connectivity index (χ1v) is 13.6. The first-order valence-electron chi connectivity index (χ1n) is 12.6. The van der Waals surface area contributed by atoms with E-state index in [1.807, 2.05) is 0 Å². The van der Waals surface area contributed by atoms with Gasteiger partial charge in [0.05, 0.1) is 23.7 Å². The fourth-order valence-corrected chi connectivity index (χ4v) is 6.47. The molecule has 0 N–H and O–H groups in total. The molecule has 40 heavy (non-hydrogen) atoms. The molecule has 1 aromatic heterocycles. The summed E-state index contributed by atoms with van der Waals surface area (Å²) in [4.78, 5) is 33.0. The molecule has 0 saturated carbocycles. The van der Waals surface area contributed by atoms with E-state index in [0.29, 0.717) is 12.7 Å². The molecule has 1 saturated heterocycles. The first-order chi connectivity index (χ1) is 19.0. The lowest BCUT2D eigenvalue weighted by Crippen LogP contribution is -2.49. The molecule has 0 aliphatic carbocycles. The summed E-state index contributed by atoms with van der Waals surface area (Å²) >= 11 is 1.07. The Bertz CT molecular complexity index is 1550. The number of anilines is 1. The Morgan fingerprint density at radius 3 is 2.55 bits per heavy atom. The summed E-state index contributed by atoms with van der Waals surface area (Å²) < 4.78 is 79.4. The summed E-state index contributed by atoms with van der Waals surface area (Å²) in [6.07, 6.45) is -3.72. The normalized spacial score (nSPS) is 17.4. The van der Waals surface area contributed by atoms with Gasteiger partial charge in [-0.2, -0.15) is 18.2 Å². The summed E-state index contributed by atoms with van der Waals surface area (Å²) in [6.45, 7) is 6.73. The van der Waals surface area contributed by atoms with E-state index in [2.05, 4.69) is 11.6 Å². The maximum absolute atomic E-state index is 15.0. The van der Waals surface area contributed by atoms with E-state index < -0.39 is 46.2 Å². The van der Waals surface area contributed by atoms with Gasteiger partial charge in [-0.3, -0.25) is 9.36 Å². The van der Waals surface area contributed by atoms with Crippen LogP contribution in [-0.4, -0.2) is 65.5 Å². The van der Waals surface area contributed by atoms with Crippen molar-refractivity contribution in [3.8, 4) is 11.1 Å². The fraction of sp³-hybridized carbons (Fsp3) is 0.370. The first kappa shape index (κ1) is 28.1. The second-order valence-electron chi connectivity index (χ2n) is 9.38. The zero-order chi connectivity index (χ0) is 28.8. The van der Waals surface area contributed by atoms with Gasteiger partial charge in [-0.15, -0.1) is 11.8 Å². The Labute approximate surface area is 230 Å². The highest BCUT2D eigenvalue weighted by molar-refractivity contribution is 7.99. The SMILES string of the molecule is C=CC(=O)N1CCN(c2nc(=O)n3c4c(c(-c5ccc(F)cc5F)c(C(F)(F)F)cc24)SCC3COCC)CC1. The van der Waals surface area contributed by atoms with E-state index in [0.717, 1.165) is 30.0 Å². The van der Waals surface area contributed by atoms with E-state index in [1.54, 1.807) is 16.7 Å². The summed E-state index contributed by atoms with van der Waals surface area (Å²) in [5.74, 6) is -2.11. The van der Waals surface area contributed by atoms with Crippen LogP contribution in [0.2, 0.25) is 0 Å². The number of carbonyl (C=O) groups is 1. The number of benzene rings is 2. The molecular weight excluding hydrogens is 555 g/mol. The Morgan fingerprint density at radius 1 is 1.20 bits per heavy atom. The molecule has 1 atom stereocenters. The zero-order valence-corrected chi connectivity index (χ0v) is 22.2. The summed E-state index contributed by atoms with van der Waals surface area (Å²) in [5.41, 5.74) is -2.49. The summed E-state index contributed by atoms with van der Waals surface area (Å²) in [5, 5.41) is 0.0744. The molecule has 7 nitrogen and oxygen atoms in total. The van der Waals surface area contributed by atoms with Crippen molar-refractivity contribution in [3.05, 3.63) is 64.6 Å². The lowest BCUT2D eigenvalue weighted by atomic mass is 9.95. The van der Waals surface area contributed by atoms with E-state index >= 15 is 0 Å². The third kappa shape index (κ3) is 4.96. The number of amides is 1. The van der Waals surface area contributed by atoms with Crippen LogP contribution >= 0.6 is 11.8 Å². The van der Waals surface area contributed by atoms with Crippen molar-refractivity contribution in [1.82, 2.24) is 14.5 Å². The Morgan fingerprint density at radius 2 is 1.93 bits per heavy atom. The van der Waals surface area contributed by atoms with Crippen LogP contribution in [0.4, 0.5) is 27.8 Å². The number of carbonyl (C=O) groups excluding carboxylic acids is 1. The highest BCUT2D eigenvalue weighted by atomic mass is 32.2. The Kier molecular flexibility index (Phi) is 7.62. The number of nitrogens with zero attached hydrogens (tertiary/aromatic N) is 4. The molecule has 5 rings (SSSR count). The lowest BCUT2D eigenvalue weighted by molar-refractivity contribution is -0.137. The third-order valence-corrected chi connectivity index (χ3v) is 8.25. The van der Waals surface area contributed by atoms with Crippen LogP contribution in [-0.2, 0) is 15.7 Å². The molecule has 1 unspecified atom stereocenters. The van der Waals surface area contributed by atoms with Crippen LogP contribution in [0.15, 0.2) is 46.6 Å². The number of thioether (sulfide) groups is 1. The number of rotatable bonds is 6. The smallest absolute Gasteiger partial charge is 0.380 e. The minimum Gasteiger partial charge on any atom is -0.380 e. The predicted molar refractivity (Wildman–Crippen MR) is 142 cm³/mol. The summed E-state index contributed by atoms with van der Waals surface area (Å²) in [6, 6.07) is 2.77. The Balaban J connectivity index is 1.80.